The van der Waals surface area contributed by atoms with E-state index in [2.05, 4.69) is 44.5 Å². The molecule has 5 rings (SSSR count). The van der Waals surface area contributed by atoms with E-state index >= 15 is 0 Å². The van der Waals surface area contributed by atoms with Crippen LogP contribution in [0.4, 0.5) is 0 Å². The summed E-state index contributed by atoms with van der Waals surface area (Å²) in [6.07, 6.45) is 7.34. The fraction of sp³-hybridized carbons (Fsp3) is 0.882. The molecular weight excluding hydrogens is 326 g/mol. The molecule has 3 nitrogen and oxygen atoms in total. The molecule has 4 aliphatic carbocycles. The molecule has 4 fully saturated rings. The Kier molecular flexibility index (Phi) is 3.63. The van der Waals surface area contributed by atoms with Crippen molar-refractivity contribution in [2.75, 3.05) is 0 Å². The number of hydrogen-bond donors (Lipinski definition) is 0. The number of halogens is 1. The van der Waals surface area contributed by atoms with Crippen LogP contribution >= 0.6 is 15.9 Å². The lowest BCUT2D eigenvalue weighted by molar-refractivity contribution is -0.00707. The Morgan fingerprint density at radius 1 is 1.05 bits per heavy atom. The molecular formula is C17H26BrN3. The summed E-state index contributed by atoms with van der Waals surface area (Å²) in [4.78, 5) is 0. The van der Waals surface area contributed by atoms with Gasteiger partial charge in [0.05, 0.1) is 5.33 Å². The van der Waals surface area contributed by atoms with E-state index in [1.165, 1.54) is 37.9 Å². The quantitative estimate of drug-likeness (QED) is 0.754. The van der Waals surface area contributed by atoms with Gasteiger partial charge in [0, 0.05) is 12.5 Å². The third-order valence-electron chi connectivity index (χ3n) is 6.05. The van der Waals surface area contributed by atoms with Crippen molar-refractivity contribution < 1.29 is 0 Å². The SMILES string of the molecule is CC(C)Cn1c(CBr)nnc1C1C2CC3CC(C2)CC1C3. The summed E-state index contributed by atoms with van der Waals surface area (Å²) < 4.78 is 2.44. The molecule has 1 aromatic heterocycles. The minimum atomic E-state index is 0.648. The van der Waals surface area contributed by atoms with E-state index in [-0.39, 0.29) is 0 Å². The standard InChI is InChI=1S/C17H26BrN3/c1-10(2)9-21-15(8-18)19-20-17(21)16-13-4-11-3-12(6-13)7-14(16)5-11/h10-14,16H,3-9H2,1-2H3. The molecule has 1 aromatic rings. The van der Waals surface area contributed by atoms with Crippen LogP contribution in [0.25, 0.3) is 0 Å². The molecule has 0 aliphatic heterocycles. The monoisotopic (exact) mass is 351 g/mol. The molecule has 0 unspecified atom stereocenters. The Hall–Kier alpha value is -0.380. The molecule has 0 aromatic carbocycles. The van der Waals surface area contributed by atoms with Crippen molar-refractivity contribution >= 4 is 15.9 Å². The fourth-order valence-corrected chi connectivity index (χ4v) is 6.02. The van der Waals surface area contributed by atoms with Crippen LogP contribution in [0.1, 0.15) is 63.5 Å². The molecule has 0 saturated heterocycles. The van der Waals surface area contributed by atoms with Crippen molar-refractivity contribution in [3.8, 4) is 0 Å². The van der Waals surface area contributed by atoms with Gasteiger partial charge in [-0.3, -0.25) is 0 Å². The molecule has 0 atom stereocenters. The van der Waals surface area contributed by atoms with E-state index < -0.39 is 0 Å². The molecule has 0 spiro atoms. The first-order chi connectivity index (χ1) is 10.2. The van der Waals surface area contributed by atoms with Gasteiger partial charge in [-0.15, -0.1) is 10.2 Å². The number of alkyl halides is 1. The Bertz CT molecular complexity index is 494. The molecule has 0 N–H and O–H groups in total. The van der Waals surface area contributed by atoms with Gasteiger partial charge in [-0.05, 0) is 61.7 Å². The highest BCUT2D eigenvalue weighted by atomic mass is 79.9. The average Bonchev–Trinajstić information content (AvgIpc) is 2.80. The Morgan fingerprint density at radius 3 is 2.19 bits per heavy atom. The van der Waals surface area contributed by atoms with Crippen molar-refractivity contribution in [1.82, 2.24) is 14.8 Å². The second-order valence-electron chi connectivity index (χ2n) is 8.07. The minimum absolute atomic E-state index is 0.648. The second kappa shape index (κ2) is 5.36. The maximum atomic E-state index is 4.67. The van der Waals surface area contributed by atoms with Gasteiger partial charge < -0.3 is 4.57 Å². The highest BCUT2D eigenvalue weighted by Gasteiger charge is 2.50. The molecule has 4 heteroatoms. The summed E-state index contributed by atoms with van der Waals surface area (Å²) >= 11 is 3.59. The normalized spacial score (nSPS) is 37.6. The average molecular weight is 352 g/mol. The predicted molar refractivity (Wildman–Crippen MR) is 87.3 cm³/mol. The van der Waals surface area contributed by atoms with Crippen LogP contribution in [0.5, 0.6) is 0 Å². The molecule has 0 amide bonds. The molecule has 4 aliphatic rings. The summed E-state index contributed by atoms with van der Waals surface area (Å²) in [5.74, 6) is 7.60. The van der Waals surface area contributed by atoms with E-state index in [9.17, 15) is 0 Å². The Labute approximate surface area is 136 Å². The summed E-state index contributed by atoms with van der Waals surface area (Å²) in [6, 6.07) is 0. The highest BCUT2D eigenvalue weighted by Crippen LogP contribution is 2.59. The molecule has 4 bridgehead atoms. The third kappa shape index (κ3) is 2.38. The number of hydrogen-bond acceptors (Lipinski definition) is 2. The largest absolute Gasteiger partial charge is 0.314 e. The first-order valence-electron chi connectivity index (χ1n) is 8.63. The molecule has 116 valence electrons. The molecule has 1 heterocycles. The summed E-state index contributed by atoms with van der Waals surface area (Å²) in [7, 11) is 0. The van der Waals surface area contributed by atoms with E-state index in [0.29, 0.717) is 11.8 Å². The van der Waals surface area contributed by atoms with E-state index in [1.807, 2.05) is 0 Å². The zero-order valence-electron chi connectivity index (χ0n) is 13.1. The first-order valence-corrected chi connectivity index (χ1v) is 9.75. The summed E-state index contributed by atoms with van der Waals surface area (Å²) in [5.41, 5.74) is 0. The molecule has 0 radical (unpaired) electrons. The molecule has 4 saturated carbocycles. The third-order valence-corrected chi connectivity index (χ3v) is 6.55. The van der Waals surface area contributed by atoms with Gasteiger partial charge in [-0.1, -0.05) is 29.8 Å². The van der Waals surface area contributed by atoms with Crippen molar-refractivity contribution in [1.29, 1.82) is 0 Å². The van der Waals surface area contributed by atoms with Gasteiger partial charge in [0.2, 0.25) is 0 Å². The lowest BCUT2D eigenvalue weighted by Crippen LogP contribution is -2.44. The van der Waals surface area contributed by atoms with Gasteiger partial charge in [0.25, 0.3) is 0 Å². The zero-order chi connectivity index (χ0) is 14.6. The topological polar surface area (TPSA) is 30.7 Å². The smallest absolute Gasteiger partial charge is 0.143 e. The Balaban J connectivity index is 1.68. The fourth-order valence-electron chi connectivity index (χ4n) is 5.61. The van der Waals surface area contributed by atoms with Crippen LogP contribution in [-0.4, -0.2) is 14.8 Å². The van der Waals surface area contributed by atoms with Crippen LogP contribution in [0, 0.1) is 29.6 Å². The molecule has 21 heavy (non-hydrogen) atoms. The van der Waals surface area contributed by atoms with Gasteiger partial charge in [0.15, 0.2) is 0 Å². The minimum Gasteiger partial charge on any atom is -0.314 e. The number of rotatable bonds is 4. The van der Waals surface area contributed by atoms with Crippen molar-refractivity contribution in [2.24, 2.45) is 29.6 Å². The lowest BCUT2D eigenvalue weighted by Gasteiger charge is -2.54. The van der Waals surface area contributed by atoms with Crippen molar-refractivity contribution in [2.45, 2.75) is 63.7 Å². The van der Waals surface area contributed by atoms with Crippen LogP contribution in [0.2, 0.25) is 0 Å². The van der Waals surface area contributed by atoms with Crippen LogP contribution in [0.15, 0.2) is 0 Å². The number of aromatic nitrogens is 3. The number of nitrogens with zero attached hydrogens (tertiary/aromatic N) is 3. The maximum Gasteiger partial charge on any atom is 0.143 e. The van der Waals surface area contributed by atoms with Crippen LogP contribution in [0.3, 0.4) is 0 Å². The maximum absolute atomic E-state index is 4.67. The summed E-state index contributed by atoms with van der Waals surface area (Å²) in [5, 5.41) is 9.97. The van der Waals surface area contributed by atoms with Gasteiger partial charge in [-0.2, -0.15) is 0 Å². The van der Waals surface area contributed by atoms with Crippen LogP contribution < -0.4 is 0 Å². The lowest BCUT2D eigenvalue weighted by atomic mass is 9.51. The van der Waals surface area contributed by atoms with Crippen molar-refractivity contribution in [3.63, 3.8) is 0 Å². The van der Waals surface area contributed by atoms with Crippen molar-refractivity contribution in [3.05, 3.63) is 11.6 Å². The predicted octanol–water partition coefficient (Wildman–Crippen LogP) is 4.37. The van der Waals surface area contributed by atoms with Gasteiger partial charge >= 0.3 is 0 Å². The highest BCUT2D eigenvalue weighted by molar-refractivity contribution is 9.08. The van der Waals surface area contributed by atoms with Gasteiger partial charge in [0.1, 0.15) is 11.6 Å². The zero-order valence-corrected chi connectivity index (χ0v) is 14.7. The Morgan fingerprint density at radius 2 is 1.67 bits per heavy atom. The van der Waals surface area contributed by atoms with Gasteiger partial charge in [-0.25, -0.2) is 0 Å². The van der Waals surface area contributed by atoms with E-state index in [1.54, 1.807) is 0 Å². The van der Waals surface area contributed by atoms with Crippen LogP contribution in [-0.2, 0) is 11.9 Å². The first kappa shape index (κ1) is 14.2. The van der Waals surface area contributed by atoms with E-state index in [0.717, 1.165) is 41.4 Å². The second-order valence-corrected chi connectivity index (χ2v) is 8.63. The van der Waals surface area contributed by atoms with E-state index in [4.69, 9.17) is 0 Å². The summed E-state index contributed by atoms with van der Waals surface area (Å²) in [6.45, 7) is 5.64.